The van der Waals surface area contributed by atoms with E-state index in [0.29, 0.717) is 0 Å². The van der Waals surface area contributed by atoms with Gasteiger partial charge < -0.3 is 14.8 Å². The molecule has 0 saturated carbocycles. The molecule has 1 aromatic rings. The summed E-state index contributed by atoms with van der Waals surface area (Å²) in [5.74, 6) is 0.982. The van der Waals surface area contributed by atoms with E-state index < -0.39 is 0 Å². The summed E-state index contributed by atoms with van der Waals surface area (Å²) in [5, 5.41) is 3.24. The van der Waals surface area contributed by atoms with Crippen LogP contribution in [-0.2, 0) is 11.2 Å². The van der Waals surface area contributed by atoms with Gasteiger partial charge in [-0.05, 0) is 44.0 Å². The number of benzene rings is 1. The average Bonchev–Trinajstić information content (AvgIpc) is 2.39. The smallest absolute Gasteiger partial charge is 0.125 e. The zero-order valence-corrected chi connectivity index (χ0v) is 13.9. The van der Waals surface area contributed by atoms with Crippen LogP contribution in [0.25, 0.3) is 0 Å². The van der Waals surface area contributed by atoms with Crippen LogP contribution in [0.4, 0.5) is 0 Å². The van der Waals surface area contributed by atoms with Crippen molar-refractivity contribution in [2.75, 3.05) is 33.4 Å². The van der Waals surface area contributed by atoms with E-state index in [4.69, 9.17) is 9.47 Å². The van der Waals surface area contributed by atoms with E-state index in [0.717, 1.165) is 48.5 Å². The molecule has 0 amide bonds. The van der Waals surface area contributed by atoms with Gasteiger partial charge in [0, 0.05) is 16.6 Å². The van der Waals surface area contributed by atoms with Crippen LogP contribution in [0.15, 0.2) is 10.5 Å². The van der Waals surface area contributed by atoms with Crippen LogP contribution in [0.1, 0.15) is 23.6 Å². The fourth-order valence-corrected chi connectivity index (χ4v) is 2.68. The molecular weight excluding hydrogens is 306 g/mol. The molecule has 19 heavy (non-hydrogen) atoms. The van der Waals surface area contributed by atoms with E-state index in [9.17, 15) is 0 Å². The Morgan fingerprint density at radius 3 is 2.63 bits per heavy atom. The summed E-state index contributed by atoms with van der Waals surface area (Å²) in [7, 11) is 1.73. The molecule has 0 spiro atoms. The van der Waals surface area contributed by atoms with Crippen molar-refractivity contribution in [3.63, 3.8) is 0 Å². The number of hydrogen-bond acceptors (Lipinski definition) is 3. The maximum absolute atomic E-state index is 5.64. The summed E-state index contributed by atoms with van der Waals surface area (Å²) in [6, 6.07) is 2.10. The Labute approximate surface area is 124 Å². The van der Waals surface area contributed by atoms with Crippen molar-refractivity contribution >= 4 is 15.9 Å². The zero-order valence-electron chi connectivity index (χ0n) is 12.3. The highest BCUT2D eigenvalue weighted by Gasteiger charge is 2.12. The van der Waals surface area contributed by atoms with Crippen LogP contribution in [0.5, 0.6) is 5.75 Å². The van der Waals surface area contributed by atoms with E-state index in [1.165, 1.54) is 11.1 Å². The highest BCUT2D eigenvalue weighted by atomic mass is 79.9. The van der Waals surface area contributed by atoms with E-state index in [1.54, 1.807) is 7.11 Å². The first kappa shape index (κ1) is 16.5. The molecule has 3 nitrogen and oxygen atoms in total. The molecule has 0 fully saturated rings. The summed E-state index contributed by atoms with van der Waals surface area (Å²) in [6.07, 6.45) is 0.876. The quantitative estimate of drug-likeness (QED) is 0.742. The Morgan fingerprint density at radius 1 is 1.26 bits per heavy atom. The zero-order chi connectivity index (χ0) is 14.3. The molecule has 0 saturated heterocycles. The third kappa shape index (κ3) is 4.79. The Bertz CT molecular complexity index is 408. The van der Waals surface area contributed by atoms with E-state index >= 15 is 0 Å². The molecular formula is C15H24BrNO2. The number of likely N-dealkylation sites (N-methyl/N-ethyl adjacent to an activating group) is 1. The molecule has 0 aliphatic rings. The van der Waals surface area contributed by atoms with Gasteiger partial charge in [-0.1, -0.05) is 22.9 Å². The number of hydrogen-bond donors (Lipinski definition) is 1. The van der Waals surface area contributed by atoms with Crippen LogP contribution in [0.2, 0.25) is 0 Å². The second-order valence-corrected chi connectivity index (χ2v) is 5.38. The largest absolute Gasteiger partial charge is 0.496 e. The predicted octanol–water partition coefficient (Wildman–Crippen LogP) is 3.24. The van der Waals surface area contributed by atoms with Crippen LogP contribution >= 0.6 is 15.9 Å². The highest BCUT2D eigenvalue weighted by Crippen LogP contribution is 2.32. The van der Waals surface area contributed by atoms with Crippen LogP contribution in [0, 0.1) is 13.8 Å². The van der Waals surface area contributed by atoms with Gasteiger partial charge in [0.15, 0.2) is 0 Å². The summed E-state index contributed by atoms with van der Waals surface area (Å²) < 4.78 is 12.3. The van der Waals surface area contributed by atoms with Gasteiger partial charge in [-0.2, -0.15) is 0 Å². The van der Waals surface area contributed by atoms with Gasteiger partial charge >= 0.3 is 0 Å². The van der Waals surface area contributed by atoms with Crippen LogP contribution in [-0.4, -0.2) is 33.4 Å². The number of halogens is 1. The molecule has 0 bridgehead atoms. The number of methoxy groups -OCH3 is 1. The lowest BCUT2D eigenvalue weighted by Gasteiger charge is -2.16. The minimum absolute atomic E-state index is 0.721. The van der Waals surface area contributed by atoms with Crippen molar-refractivity contribution in [1.82, 2.24) is 5.32 Å². The van der Waals surface area contributed by atoms with Crippen molar-refractivity contribution in [3.8, 4) is 5.75 Å². The minimum Gasteiger partial charge on any atom is -0.496 e. The lowest BCUT2D eigenvalue weighted by atomic mass is 10.0. The average molecular weight is 330 g/mol. The lowest BCUT2D eigenvalue weighted by Crippen LogP contribution is -2.19. The molecule has 108 valence electrons. The normalized spacial score (nSPS) is 10.8. The second kappa shape index (κ2) is 8.56. The lowest BCUT2D eigenvalue weighted by molar-refractivity contribution is 0.138. The molecule has 0 atom stereocenters. The van der Waals surface area contributed by atoms with Gasteiger partial charge in [-0.3, -0.25) is 0 Å². The first-order valence-electron chi connectivity index (χ1n) is 6.72. The predicted molar refractivity (Wildman–Crippen MR) is 83.2 cm³/mol. The Balaban J connectivity index is 2.61. The third-order valence-electron chi connectivity index (χ3n) is 3.16. The standard InChI is InChI=1S/C15H24BrNO2/c1-5-17-7-9-19-8-6-13-12(3)14(16)10-11(2)15(13)18-4/h10,17H,5-9H2,1-4H3. The highest BCUT2D eigenvalue weighted by molar-refractivity contribution is 9.10. The Kier molecular flexibility index (Phi) is 7.42. The number of aryl methyl sites for hydroxylation is 1. The molecule has 0 aromatic heterocycles. The minimum atomic E-state index is 0.721. The topological polar surface area (TPSA) is 30.5 Å². The van der Waals surface area contributed by atoms with Crippen LogP contribution < -0.4 is 10.1 Å². The molecule has 1 rings (SSSR count). The van der Waals surface area contributed by atoms with E-state index in [2.05, 4.69) is 48.1 Å². The Morgan fingerprint density at radius 2 is 2.00 bits per heavy atom. The van der Waals surface area contributed by atoms with Gasteiger partial charge in [-0.15, -0.1) is 0 Å². The van der Waals surface area contributed by atoms with Gasteiger partial charge in [0.2, 0.25) is 0 Å². The van der Waals surface area contributed by atoms with E-state index in [1.807, 2.05) is 0 Å². The first-order valence-corrected chi connectivity index (χ1v) is 7.52. The molecule has 0 aliphatic carbocycles. The SMILES string of the molecule is CCNCCOCCc1c(C)c(Br)cc(C)c1OC. The first-order chi connectivity index (χ1) is 9.11. The fourth-order valence-electron chi connectivity index (χ4n) is 2.10. The molecule has 0 radical (unpaired) electrons. The maximum Gasteiger partial charge on any atom is 0.125 e. The van der Waals surface area contributed by atoms with Crippen molar-refractivity contribution in [2.24, 2.45) is 0 Å². The van der Waals surface area contributed by atoms with Gasteiger partial charge in [0.25, 0.3) is 0 Å². The van der Waals surface area contributed by atoms with E-state index in [-0.39, 0.29) is 0 Å². The van der Waals surface area contributed by atoms with Crippen molar-refractivity contribution in [2.45, 2.75) is 27.2 Å². The summed E-state index contributed by atoms with van der Waals surface area (Å²) in [5.41, 5.74) is 3.62. The second-order valence-electron chi connectivity index (χ2n) is 4.53. The maximum atomic E-state index is 5.64. The molecule has 0 aliphatic heterocycles. The number of nitrogens with one attached hydrogen (secondary N) is 1. The molecule has 1 aromatic carbocycles. The summed E-state index contributed by atoms with van der Waals surface area (Å²) in [6.45, 7) is 9.64. The third-order valence-corrected chi connectivity index (χ3v) is 3.98. The number of ether oxygens (including phenoxy) is 2. The van der Waals surface area contributed by atoms with Gasteiger partial charge in [0.1, 0.15) is 5.75 Å². The number of rotatable bonds is 8. The molecule has 4 heteroatoms. The molecule has 0 heterocycles. The summed E-state index contributed by atoms with van der Waals surface area (Å²) in [4.78, 5) is 0. The van der Waals surface area contributed by atoms with Crippen molar-refractivity contribution in [3.05, 3.63) is 27.2 Å². The monoisotopic (exact) mass is 329 g/mol. The summed E-state index contributed by atoms with van der Waals surface area (Å²) >= 11 is 3.60. The van der Waals surface area contributed by atoms with Crippen molar-refractivity contribution < 1.29 is 9.47 Å². The molecule has 0 unspecified atom stereocenters. The molecule has 1 N–H and O–H groups in total. The van der Waals surface area contributed by atoms with Gasteiger partial charge in [-0.25, -0.2) is 0 Å². The van der Waals surface area contributed by atoms with Crippen LogP contribution in [0.3, 0.4) is 0 Å². The Hall–Kier alpha value is -0.580. The van der Waals surface area contributed by atoms with Crippen molar-refractivity contribution in [1.29, 1.82) is 0 Å². The van der Waals surface area contributed by atoms with Gasteiger partial charge in [0.05, 0.1) is 20.3 Å². The fraction of sp³-hybridized carbons (Fsp3) is 0.600.